The van der Waals surface area contributed by atoms with Crippen LogP contribution in [0.15, 0.2) is 24.3 Å². The molecule has 0 atom stereocenters. The van der Waals surface area contributed by atoms with Crippen molar-refractivity contribution in [2.45, 2.75) is 26.3 Å². The van der Waals surface area contributed by atoms with Gasteiger partial charge in [0.25, 0.3) is 5.91 Å². The van der Waals surface area contributed by atoms with E-state index in [4.69, 9.17) is 10.5 Å². The van der Waals surface area contributed by atoms with Crippen molar-refractivity contribution >= 4 is 17.5 Å². The van der Waals surface area contributed by atoms with Gasteiger partial charge >= 0.3 is 0 Å². The van der Waals surface area contributed by atoms with E-state index in [0.717, 1.165) is 0 Å². The number of nitrogens with one attached hydrogen (secondary N) is 2. The quantitative estimate of drug-likeness (QED) is 0.690. The fourth-order valence-corrected chi connectivity index (χ4v) is 1.63. The Morgan fingerprint density at radius 1 is 1.35 bits per heavy atom. The van der Waals surface area contributed by atoms with Gasteiger partial charge in [-0.2, -0.15) is 0 Å². The molecule has 4 N–H and O–H groups in total. The van der Waals surface area contributed by atoms with E-state index in [-0.39, 0.29) is 12.5 Å². The molecule has 0 aromatic heterocycles. The molecule has 1 aromatic carbocycles. The van der Waals surface area contributed by atoms with Gasteiger partial charge in [0.05, 0.1) is 5.54 Å². The van der Waals surface area contributed by atoms with Crippen molar-refractivity contribution < 1.29 is 14.3 Å². The number of hydrogen-bond acceptors (Lipinski definition) is 4. The average Bonchev–Trinajstić information content (AvgIpc) is 2.36. The van der Waals surface area contributed by atoms with Crippen LogP contribution in [-0.4, -0.2) is 30.5 Å². The summed E-state index contributed by atoms with van der Waals surface area (Å²) in [5, 5.41) is 5.89. The molecule has 0 bridgehead atoms. The summed E-state index contributed by atoms with van der Waals surface area (Å²) >= 11 is 0. The van der Waals surface area contributed by atoms with Gasteiger partial charge in [-0.05, 0) is 32.5 Å². The van der Waals surface area contributed by atoms with Crippen LogP contribution in [0.1, 0.15) is 20.8 Å². The van der Waals surface area contributed by atoms with Crippen molar-refractivity contribution in [3.8, 4) is 5.75 Å². The molecule has 0 fully saturated rings. The first-order valence-corrected chi connectivity index (χ1v) is 6.43. The van der Waals surface area contributed by atoms with E-state index < -0.39 is 11.4 Å². The van der Waals surface area contributed by atoms with Crippen LogP contribution in [0.5, 0.6) is 5.75 Å². The second-order valence-electron chi connectivity index (χ2n) is 4.89. The molecule has 2 amide bonds. The van der Waals surface area contributed by atoms with E-state index in [1.165, 1.54) is 0 Å². The minimum Gasteiger partial charge on any atom is -0.484 e. The molecule has 0 aliphatic carbocycles. The highest BCUT2D eigenvalue weighted by Crippen LogP contribution is 2.18. The summed E-state index contributed by atoms with van der Waals surface area (Å²) in [6, 6.07) is 6.81. The van der Waals surface area contributed by atoms with Crippen molar-refractivity contribution in [1.82, 2.24) is 5.32 Å². The van der Waals surface area contributed by atoms with Crippen LogP contribution in [-0.2, 0) is 9.59 Å². The lowest BCUT2D eigenvalue weighted by Crippen LogP contribution is -2.49. The predicted octanol–water partition coefficient (Wildman–Crippen LogP) is 0.877. The Kier molecular flexibility index (Phi) is 5.52. The molecule has 0 unspecified atom stereocenters. The minimum atomic E-state index is -0.668. The van der Waals surface area contributed by atoms with Crippen LogP contribution in [0, 0.1) is 0 Å². The van der Waals surface area contributed by atoms with Crippen molar-refractivity contribution in [2.24, 2.45) is 5.73 Å². The third-order valence-corrected chi connectivity index (χ3v) is 2.66. The lowest BCUT2D eigenvalue weighted by atomic mass is 10.0. The topological polar surface area (TPSA) is 93.4 Å². The van der Waals surface area contributed by atoms with Gasteiger partial charge in [0.2, 0.25) is 5.91 Å². The van der Waals surface area contributed by atoms with Crippen LogP contribution in [0.4, 0.5) is 5.69 Å². The molecule has 1 rings (SSSR count). The summed E-state index contributed by atoms with van der Waals surface area (Å²) in [4.78, 5) is 22.8. The molecule has 0 aliphatic heterocycles. The molecule has 0 heterocycles. The monoisotopic (exact) mass is 279 g/mol. The summed E-state index contributed by atoms with van der Waals surface area (Å²) in [6.45, 7) is 6.05. The maximum absolute atomic E-state index is 12.1. The average molecular weight is 279 g/mol. The first-order valence-electron chi connectivity index (χ1n) is 6.43. The van der Waals surface area contributed by atoms with Crippen LogP contribution >= 0.6 is 0 Å². The number of carbonyl (C=O) groups is 2. The van der Waals surface area contributed by atoms with Gasteiger partial charge in [-0.1, -0.05) is 13.0 Å². The van der Waals surface area contributed by atoms with Crippen LogP contribution in [0.25, 0.3) is 0 Å². The smallest absolute Gasteiger partial charge is 0.255 e. The predicted molar refractivity (Wildman–Crippen MR) is 77.5 cm³/mol. The second kappa shape index (κ2) is 6.91. The number of nitrogens with two attached hydrogens (primary N) is 1. The highest BCUT2D eigenvalue weighted by Gasteiger charge is 2.26. The number of likely N-dealkylation sites (N-methyl/N-ethyl adjacent to an activating group) is 1. The summed E-state index contributed by atoms with van der Waals surface area (Å²) in [5.74, 6) is -0.220. The Morgan fingerprint density at radius 2 is 2.05 bits per heavy atom. The van der Waals surface area contributed by atoms with E-state index in [9.17, 15) is 9.59 Å². The number of amides is 2. The number of hydrogen-bond donors (Lipinski definition) is 3. The highest BCUT2D eigenvalue weighted by atomic mass is 16.5. The zero-order valence-electron chi connectivity index (χ0n) is 12.0. The first kappa shape index (κ1) is 16.0. The van der Waals surface area contributed by atoms with Crippen molar-refractivity contribution in [3.05, 3.63) is 24.3 Å². The molecule has 0 saturated heterocycles. The Morgan fingerprint density at radius 3 is 2.65 bits per heavy atom. The van der Waals surface area contributed by atoms with Gasteiger partial charge in [0.15, 0.2) is 6.61 Å². The second-order valence-corrected chi connectivity index (χ2v) is 4.89. The summed E-state index contributed by atoms with van der Waals surface area (Å²) in [5.41, 5.74) is 4.94. The van der Waals surface area contributed by atoms with Crippen LogP contribution < -0.4 is 21.1 Å². The normalized spacial score (nSPS) is 10.9. The molecule has 1 aromatic rings. The van der Waals surface area contributed by atoms with E-state index in [1.54, 1.807) is 38.1 Å². The molecule has 0 radical (unpaired) electrons. The Balaban J connectivity index is 2.70. The highest BCUT2D eigenvalue weighted by molar-refractivity contribution is 5.97. The maximum atomic E-state index is 12.1. The first-order chi connectivity index (χ1) is 9.35. The molecule has 6 heteroatoms. The van der Waals surface area contributed by atoms with Crippen LogP contribution in [0.2, 0.25) is 0 Å². The summed E-state index contributed by atoms with van der Waals surface area (Å²) in [6.07, 6.45) is 0. The number of ether oxygens (including phenoxy) is 1. The number of anilines is 1. The zero-order chi connectivity index (χ0) is 15.2. The SMILES string of the molecule is CCNC(C)(C)C(=O)Nc1cccc(OCC(N)=O)c1. The largest absolute Gasteiger partial charge is 0.484 e. The van der Waals surface area contributed by atoms with Crippen molar-refractivity contribution in [3.63, 3.8) is 0 Å². The lowest BCUT2D eigenvalue weighted by molar-refractivity contribution is -0.121. The third kappa shape index (κ3) is 4.89. The lowest BCUT2D eigenvalue weighted by Gasteiger charge is -2.24. The Labute approximate surface area is 118 Å². The number of rotatable bonds is 7. The van der Waals surface area contributed by atoms with Gasteiger partial charge < -0.3 is 21.1 Å². The van der Waals surface area contributed by atoms with Gasteiger partial charge in [-0.15, -0.1) is 0 Å². The van der Waals surface area contributed by atoms with Gasteiger partial charge in [0.1, 0.15) is 5.75 Å². The molecule has 0 saturated carbocycles. The molecular formula is C14H21N3O3. The third-order valence-electron chi connectivity index (χ3n) is 2.66. The van der Waals surface area contributed by atoms with E-state index >= 15 is 0 Å². The fourth-order valence-electron chi connectivity index (χ4n) is 1.63. The van der Waals surface area contributed by atoms with E-state index in [2.05, 4.69) is 10.6 Å². The minimum absolute atomic E-state index is 0.147. The van der Waals surface area contributed by atoms with E-state index in [0.29, 0.717) is 18.0 Å². The molecule has 0 aliphatic rings. The number of primary amides is 1. The molecule has 20 heavy (non-hydrogen) atoms. The van der Waals surface area contributed by atoms with Crippen LogP contribution in [0.3, 0.4) is 0 Å². The number of carbonyl (C=O) groups excluding carboxylic acids is 2. The zero-order valence-corrected chi connectivity index (χ0v) is 12.0. The van der Waals surface area contributed by atoms with Crippen molar-refractivity contribution in [2.75, 3.05) is 18.5 Å². The van der Waals surface area contributed by atoms with Crippen molar-refractivity contribution in [1.29, 1.82) is 0 Å². The van der Waals surface area contributed by atoms with Gasteiger partial charge in [0, 0.05) is 11.8 Å². The van der Waals surface area contributed by atoms with E-state index in [1.807, 2.05) is 6.92 Å². The fraction of sp³-hybridized carbons (Fsp3) is 0.429. The molecule has 6 nitrogen and oxygen atoms in total. The maximum Gasteiger partial charge on any atom is 0.255 e. The molecule has 110 valence electrons. The standard InChI is InChI=1S/C14H21N3O3/c1-4-16-14(2,3)13(19)17-10-6-5-7-11(8-10)20-9-12(15)18/h5-8,16H,4,9H2,1-3H3,(H2,15,18)(H,17,19). The summed E-state index contributed by atoms with van der Waals surface area (Å²) < 4.78 is 5.18. The summed E-state index contributed by atoms with van der Waals surface area (Å²) in [7, 11) is 0. The number of benzene rings is 1. The van der Waals surface area contributed by atoms with Gasteiger partial charge in [-0.25, -0.2) is 0 Å². The van der Waals surface area contributed by atoms with Gasteiger partial charge in [-0.3, -0.25) is 9.59 Å². The molecular weight excluding hydrogens is 258 g/mol. The Bertz CT molecular complexity index is 486. The molecule has 0 spiro atoms. The Hall–Kier alpha value is -2.08.